The van der Waals surface area contributed by atoms with Crippen LogP contribution in [0.2, 0.25) is 0 Å². The fraction of sp³-hybridized carbons (Fsp3) is 0.632. The van der Waals surface area contributed by atoms with Gasteiger partial charge in [-0.05, 0) is 37.0 Å². The third-order valence-electron chi connectivity index (χ3n) is 4.90. The molecule has 1 heterocycles. The van der Waals surface area contributed by atoms with Crippen LogP contribution in [0.25, 0.3) is 0 Å². The van der Waals surface area contributed by atoms with Crippen LogP contribution in [0.3, 0.4) is 0 Å². The van der Waals surface area contributed by atoms with Crippen molar-refractivity contribution >= 4 is 15.9 Å². The summed E-state index contributed by atoms with van der Waals surface area (Å²) < 4.78 is 27.1. The molecule has 2 rings (SSSR count). The van der Waals surface area contributed by atoms with Crippen LogP contribution in [-0.2, 0) is 14.8 Å². The minimum absolute atomic E-state index is 0.0000635. The molecule has 1 aliphatic heterocycles. The molecule has 1 aromatic carbocycles. The van der Waals surface area contributed by atoms with E-state index in [1.165, 1.54) is 4.31 Å². The SMILES string of the molecule is CCC(C)NC(=O)CN1CCN(S(=O)(=O)c2ccc(C(C)C)cc2)CC1. The molecule has 1 N–H and O–H groups in total. The predicted octanol–water partition coefficient (Wildman–Crippen LogP) is 2.03. The molecule has 0 aromatic heterocycles. The van der Waals surface area contributed by atoms with E-state index in [1.54, 1.807) is 12.1 Å². The Labute approximate surface area is 157 Å². The summed E-state index contributed by atoms with van der Waals surface area (Å²) in [7, 11) is -3.47. The van der Waals surface area contributed by atoms with Gasteiger partial charge in [-0.2, -0.15) is 4.31 Å². The highest BCUT2D eigenvalue weighted by molar-refractivity contribution is 7.89. The first-order chi connectivity index (χ1) is 12.2. The first kappa shape index (κ1) is 20.9. The number of carbonyl (C=O) groups excluding carboxylic acids is 1. The molecule has 7 heteroatoms. The second-order valence-electron chi connectivity index (χ2n) is 7.28. The molecule has 0 radical (unpaired) electrons. The van der Waals surface area contributed by atoms with Crippen molar-refractivity contribution in [3.8, 4) is 0 Å². The fourth-order valence-corrected chi connectivity index (χ4v) is 4.35. The number of sulfonamides is 1. The third-order valence-corrected chi connectivity index (χ3v) is 6.82. The van der Waals surface area contributed by atoms with Crippen molar-refractivity contribution in [3.05, 3.63) is 29.8 Å². The molecule has 1 aliphatic rings. The van der Waals surface area contributed by atoms with Crippen molar-refractivity contribution in [2.45, 2.75) is 51.0 Å². The maximum absolute atomic E-state index is 12.8. The molecule has 26 heavy (non-hydrogen) atoms. The van der Waals surface area contributed by atoms with Gasteiger partial charge in [0.2, 0.25) is 15.9 Å². The van der Waals surface area contributed by atoms with Crippen LogP contribution in [-0.4, -0.2) is 62.3 Å². The molecular weight excluding hydrogens is 350 g/mol. The van der Waals surface area contributed by atoms with Crippen molar-refractivity contribution in [1.29, 1.82) is 0 Å². The second-order valence-corrected chi connectivity index (χ2v) is 9.22. The maximum atomic E-state index is 12.8. The molecule has 0 spiro atoms. The second kappa shape index (κ2) is 8.97. The van der Waals surface area contributed by atoms with Crippen LogP contribution < -0.4 is 5.32 Å². The van der Waals surface area contributed by atoms with E-state index < -0.39 is 10.0 Å². The van der Waals surface area contributed by atoms with Gasteiger partial charge >= 0.3 is 0 Å². The van der Waals surface area contributed by atoms with Gasteiger partial charge in [0.05, 0.1) is 11.4 Å². The lowest BCUT2D eigenvalue weighted by atomic mass is 10.0. The lowest BCUT2D eigenvalue weighted by Crippen LogP contribution is -2.51. The Morgan fingerprint density at radius 1 is 1.08 bits per heavy atom. The highest BCUT2D eigenvalue weighted by Crippen LogP contribution is 2.21. The van der Waals surface area contributed by atoms with Gasteiger partial charge in [-0.15, -0.1) is 0 Å². The molecule has 1 atom stereocenters. The van der Waals surface area contributed by atoms with E-state index in [0.717, 1.165) is 12.0 Å². The largest absolute Gasteiger partial charge is 0.353 e. The van der Waals surface area contributed by atoms with E-state index >= 15 is 0 Å². The normalized spacial score (nSPS) is 18.0. The van der Waals surface area contributed by atoms with Gasteiger partial charge in [0.25, 0.3) is 0 Å². The average molecular weight is 382 g/mol. The highest BCUT2D eigenvalue weighted by atomic mass is 32.2. The fourth-order valence-electron chi connectivity index (χ4n) is 2.93. The first-order valence-electron chi connectivity index (χ1n) is 9.35. The van der Waals surface area contributed by atoms with Crippen LogP contribution in [0.4, 0.5) is 0 Å². The summed E-state index contributed by atoms with van der Waals surface area (Å²) >= 11 is 0. The van der Waals surface area contributed by atoms with E-state index in [1.807, 2.05) is 30.9 Å². The molecule has 0 bridgehead atoms. The van der Waals surface area contributed by atoms with Gasteiger partial charge in [-0.25, -0.2) is 8.42 Å². The predicted molar refractivity (Wildman–Crippen MR) is 104 cm³/mol. The van der Waals surface area contributed by atoms with Crippen LogP contribution >= 0.6 is 0 Å². The van der Waals surface area contributed by atoms with Crippen molar-refractivity contribution in [2.24, 2.45) is 0 Å². The van der Waals surface area contributed by atoms with Gasteiger partial charge in [-0.1, -0.05) is 32.9 Å². The van der Waals surface area contributed by atoms with E-state index in [0.29, 0.717) is 43.5 Å². The minimum atomic E-state index is -3.47. The Bertz CT molecular complexity index is 693. The van der Waals surface area contributed by atoms with Crippen LogP contribution in [0, 0.1) is 0 Å². The molecule has 1 fully saturated rings. The van der Waals surface area contributed by atoms with Gasteiger partial charge < -0.3 is 5.32 Å². The maximum Gasteiger partial charge on any atom is 0.243 e. The number of piperazine rings is 1. The number of nitrogens with zero attached hydrogens (tertiary/aromatic N) is 2. The standard InChI is InChI=1S/C19H31N3O3S/c1-5-16(4)20-19(23)14-21-10-12-22(13-11-21)26(24,25)18-8-6-17(7-9-18)15(2)3/h6-9,15-16H,5,10-14H2,1-4H3,(H,20,23). The lowest BCUT2D eigenvalue weighted by Gasteiger charge is -2.33. The summed E-state index contributed by atoms with van der Waals surface area (Å²) in [4.78, 5) is 14.3. The Balaban J connectivity index is 1.92. The molecule has 0 aliphatic carbocycles. The number of benzene rings is 1. The summed E-state index contributed by atoms with van der Waals surface area (Å²) in [5.74, 6) is 0.372. The highest BCUT2D eigenvalue weighted by Gasteiger charge is 2.29. The number of amides is 1. The quantitative estimate of drug-likeness (QED) is 0.785. The molecular formula is C19H31N3O3S. The van der Waals surface area contributed by atoms with E-state index in [9.17, 15) is 13.2 Å². The smallest absolute Gasteiger partial charge is 0.243 e. The summed E-state index contributed by atoms with van der Waals surface area (Å²) in [6.45, 7) is 10.4. The third kappa shape index (κ3) is 5.28. The van der Waals surface area contributed by atoms with Crippen LogP contribution in [0.1, 0.15) is 45.6 Å². The molecule has 146 valence electrons. The topological polar surface area (TPSA) is 69.7 Å². The number of carbonyl (C=O) groups is 1. The molecule has 0 saturated carbocycles. The molecule has 1 amide bonds. The van der Waals surface area contributed by atoms with Gasteiger partial charge in [0, 0.05) is 32.2 Å². The molecule has 1 saturated heterocycles. The first-order valence-corrected chi connectivity index (χ1v) is 10.8. The van der Waals surface area contributed by atoms with Gasteiger partial charge in [0.1, 0.15) is 0 Å². The van der Waals surface area contributed by atoms with E-state index in [4.69, 9.17) is 0 Å². The zero-order chi connectivity index (χ0) is 19.3. The molecule has 1 unspecified atom stereocenters. The summed E-state index contributed by atoms with van der Waals surface area (Å²) in [5, 5.41) is 2.95. The lowest BCUT2D eigenvalue weighted by molar-refractivity contribution is -0.123. The van der Waals surface area contributed by atoms with Crippen molar-refractivity contribution < 1.29 is 13.2 Å². The Hall–Kier alpha value is -1.44. The Kier molecular flexibility index (Phi) is 7.20. The van der Waals surface area contributed by atoms with Crippen molar-refractivity contribution in [2.75, 3.05) is 32.7 Å². The number of hydrogen-bond acceptors (Lipinski definition) is 4. The Morgan fingerprint density at radius 2 is 1.65 bits per heavy atom. The monoisotopic (exact) mass is 381 g/mol. The number of rotatable bonds is 7. The van der Waals surface area contributed by atoms with E-state index in [-0.39, 0.29) is 11.9 Å². The van der Waals surface area contributed by atoms with Crippen LogP contribution in [0.15, 0.2) is 29.2 Å². The zero-order valence-electron chi connectivity index (χ0n) is 16.2. The number of nitrogens with one attached hydrogen (secondary N) is 1. The number of hydrogen-bond donors (Lipinski definition) is 1. The average Bonchev–Trinajstić information content (AvgIpc) is 2.62. The zero-order valence-corrected chi connectivity index (χ0v) is 17.1. The van der Waals surface area contributed by atoms with Crippen molar-refractivity contribution in [3.63, 3.8) is 0 Å². The minimum Gasteiger partial charge on any atom is -0.353 e. The molecule has 1 aromatic rings. The van der Waals surface area contributed by atoms with Crippen molar-refractivity contribution in [1.82, 2.24) is 14.5 Å². The summed E-state index contributed by atoms with van der Waals surface area (Å²) in [6.07, 6.45) is 0.896. The summed E-state index contributed by atoms with van der Waals surface area (Å²) in [5.41, 5.74) is 1.13. The summed E-state index contributed by atoms with van der Waals surface area (Å²) in [6, 6.07) is 7.31. The van der Waals surface area contributed by atoms with Gasteiger partial charge in [-0.3, -0.25) is 9.69 Å². The van der Waals surface area contributed by atoms with E-state index in [2.05, 4.69) is 19.2 Å². The van der Waals surface area contributed by atoms with Gasteiger partial charge in [0.15, 0.2) is 0 Å². The van der Waals surface area contributed by atoms with Crippen LogP contribution in [0.5, 0.6) is 0 Å². The Morgan fingerprint density at radius 3 is 2.15 bits per heavy atom. The molecule has 6 nitrogen and oxygen atoms in total.